The van der Waals surface area contributed by atoms with Crippen LogP contribution in [0.2, 0.25) is 0 Å². The molecule has 0 saturated carbocycles. The van der Waals surface area contributed by atoms with Crippen LogP contribution in [0.5, 0.6) is 0 Å². The summed E-state index contributed by atoms with van der Waals surface area (Å²) in [5, 5.41) is 16.0. The molecule has 138 valence electrons. The number of hydrogen-bond donors (Lipinski definition) is 2. The molecule has 4 rings (SSSR count). The van der Waals surface area contributed by atoms with Crippen LogP contribution in [0.4, 0.5) is 0 Å². The molecule has 0 spiro atoms. The van der Waals surface area contributed by atoms with Gasteiger partial charge < -0.3 is 10.4 Å². The molecule has 1 fully saturated rings. The van der Waals surface area contributed by atoms with E-state index in [0.29, 0.717) is 0 Å². The van der Waals surface area contributed by atoms with Crippen molar-refractivity contribution >= 4 is 40.8 Å². The number of aliphatic hydroxyl groups is 1. The summed E-state index contributed by atoms with van der Waals surface area (Å²) in [6.45, 7) is 0.799. The van der Waals surface area contributed by atoms with Crippen molar-refractivity contribution in [1.82, 2.24) is 5.32 Å². The lowest BCUT2D eigenvalue weighted by Gasteiger charge is -2.38. The normalized spacial score (nSPS) is 25.6. The zero-order valence-electron chi connectivity index (χ0n) is 15.0. The van der Waals surface area contributed by atoms with E-state index in [9.17, 15) is 5.11 Å². The minimum atomic E-state index is -1.22. The Kier molecular flexibility index (Phi) is 5.72. The van der Waals surface area contributed by atoms with Crippen molar-refractivity contribution in [3.63, 3.8) is 0 Å². The van der Waals surface area contributed by atoms with Gasteiger partial charge in [0.2, 0.25) is 0 Å². The van der Waals surface area contributed by atoms with Crippen molar-refractivity contribution < 1.29 is 5.11 Å². The fourth-order valence-electron chi connectivity index (χ4n) is 3.21. The summed E-state index contributed by atoms with van der Waals surface area (Å²) >= 11 is 3.50. The van der Waals surface area contributed by atoms with Crippen LogP contribution in [0.25, 0.3) is 12.2 Å². The van der Waals surface area contributed by atoms with Gasteiger partial charge in [-0.3, -0.25) is 4.99 Å². The minimum Gasteiger partial charge on any atom is -0.364 e. The van der Waals surface area contributed by atoms with E-state index in [-0.39, 0.29) is 0 Å². The molecule has 27 heavy (non-hydrogen) atoms. The number of nitrogens with zero attached hydrogens (tertiary/aromatic N) is 1. The van der Waals surface area contributed by atoms with Gasteiger partial charge in [0.15, 0.2) is 10.9 Å². The van der Waals surface area contributed by atoms with E-state index in [4.69, 9.17) is 0 Å². The fourth-order valence-corrected chi connectivity index (χ4v) is 5.11. The SMILES string of the molecule is OC1(NC2=NCCS2)/C(=C/c2ccccc2)CSC/C1=C\c1ccccc1. The topological polar surface area (TPSA) is 44.6 Å². The quantitative estimate of drug-likeness (QED) is 0.763. The van der Waals surface area contributed by atoms with Crippen LogP contribution in [0.1, 0.15) is 11.1 Å². The second-order valence-corrected chi connectivity index (χ2v) is 8.59. The van der Waals surface area contributed by atoms with Crippen molar-refractivity contribution in [2.45, 2.75) is 5.72 Å². The summed E-state index contributed by atoms with van der Waals surface area (Å²) < 4.78 is 0. The molecule has 0 radical (unpaired) electrons. The Hall–Kier alpha value is -1.95. The minimum absolute atomic E-state index is 0.780. The zero-order valence-corrected chi connectivity index (χ0v) is 16.6. The molecule has 0 aromatic heterocycles. The van der Waals surface area contributed by atoms with Crippen molar-refractivity contribution in [1.29, 1.82) is 0 Å². The Balaban J connectivity index is 1.75. The van der Waals surface area contributed by atoms with E-state index >= 15 is 0 Å². The van der Waals surface area contributed by atoms with Gasteiger partial charge in [0.25, 0.3) is 0 Å². The van der Waals surface area contributed by atoms with Gasteiger partial charge in [-0.05, 0) is 34.4 Å². The first-order valence-electron chi connectivity index (χ1n) is 9.02. The molecule has 0 amide bonds. The number of benzene rings is 2. The Morgan fingerprint density at radius 1 is 0.889 bits per heavy atom. The zero-order chi connectivity index (χ0) is 18.5. The number of amidine groups is 1. The smallest absolute Gasteiger partial charge is 0.184 e. The summed E-state index contributed by atoms with van der Waals surface area (Å²) in [6.07, 6.45) is 4.19. The largest absolute Gasteiger partial charge is 0.364 e. The van der Waals surface area contributed by atoms with Crippen molar-refractivity contribution in [2.75, 3.05) is 23.8 Å². The first-order chi connectivity index (χ1) is 13.2. The summed E-state index contributed by atoms with van der Waals surface area (Å²) in [4.78, 5) is 4.51. The van der Waals surface area contributed by atoms with E-state index in [0.717, 1.165) is 51.2 Å². The average Bonchev–Trinajstić information content (AvgIpc) is 3.20. The van der Waals surface area contributed by atoms with Gasteiger partial charge in [-0.2, -0.15) is 11.8 Å². The lowest BCUT2D eigenvalue weighted by Crippen LogP contribution is -2.53. The average molecular weight is 395 g/mol. The van der Waals surface area contributed by atoms with Gasteiger partial charge >= 0.3 is 0 Å². The highest BCUT2D eigenvalue weighted by molar-refractivity contribution is 8.14. The van der Waals surface area contributed by atoms with Gasteiger partial charge in [0.05, 0.1) is 6.54 Å². The summed E-state index contributed by atoms with van der Waals surface area (Å²) in [5.41, 5.74) is 2.89. The molecule has 3 nitrogen and oxygen atoms in total. The summed E-state index contributed by atoms with van der Waals surface area (Å²) in [7, 11) is 0. The van der Waals surface area contributed by atoms with Crippen LogP contribution < -0.4 is 5.32 Å². The van der Waals surface area contributed by atoms with E-state index in [1.165, 1.54) is 0 Å². The third-order valence-electron chi connectivity index (χ3n) is 4.60. The highest BCUT2D eigenvalue weighted by Crippen LogP contribution is 2.37. The fraction of sp³-hybridized carbons (Fsp3) is 0.227. The van der Waals surface area contributed by atoms with E-state index < -0.39 is 5.72 Å². The molecular formula is C22H22N2OS2. The van der Waals surface area contributed by atoms with Gasteiger partial charge in [-0.1, -0.05) is 72.4 Å². The van der Waals surface area contributed by atoms with Crippen LogP contribution in [0.15, 0.2) is 76.8 Å². The number of thioether (sulfide) groups is 2. The molecule has 2 N–H and O–H groups in total. The van der Waals surface area contributed by atoms with Gasteiger partial charge in [-0.15, -0.1) is 0 Å². The molecule has 5 heteroatoms. The Morgan fingerprint density at radius 3 is 1.93 bits per heavy atom. The van der Waals surface area contributed by atoms with Crippen LogP contribution in [0.3, 0.4) is 0 Å². The van der Waals surface area contributed by atoms with E-state index in [2.05, 4.69) is 46.7 Å². The predicted octanol–water partition coefficient (Wildman–Crippen LogP) is 4.28. The second-order valence-electron chi connectivity index (χ2n) is 6.52. The van der Waals surface area contributed by atoms with Crippen LogP contribution in [-0.2, 0) is 0 Å². The molecule has 0 unspecified atom stereocenters. The molecule has 2 aliphatic heterocycles. The predicted molar refractivity (Wildman–Crippen MR) is 119 cm³/mol. The Bertz CT molecular complexity index is 818. The number of rotatable bonds is 3. The Morgan fingerprint density at radius 2 is 1.44 bits per heavy atom. The maximum absolute atomic E-state index is 11.8. The lowest BCUT2D eigenvalue weighted by atomic mass is 9.92. The molecule has 1 saturated heterocycles. The molecule has 0 bridgehead atoms. The molecule has 0 aliphatic carbocycles. The van der Waals surface area contributed by atoms with Crippen LogP contribution in [-0.4, -0.2) is 39.8 Å². The highest BCUT2D eigenvalue weighted by Gasteiger charge is 2.40. The van der Waals surface area contributed by atoms with E-state index in [1.54, 1.807) is 11.8 Å². The third kappa shape index (κ3) is 4.32. The third-order valence-corrected chi connectivity index (χ3v) is 6.52. The highest BCUT2D eigenvalue weighted by atomic mass is 32.2. The van der Waals surface area contributed by atoms with Crippen LogP contribution in [0, 0.1) is 0 Å². The first kappa shape index (κ1) is 18.4. The number of aliphatic imine (C=N–C) groups is 1. The van der Waals surface area contributed by atoms with E-state index in [1.807, 2.05) is 48.2 Å². The molecule has 2 heterocycles. The maximum atomic E-state index is 11.8. The molecule has 2 aromatic rings. The summed E-state index contributed by atoms with van der Waals surface area (Å²) in [5.74, 6) is 2.52. The number of hydrogen-bond acceptors (Lipinski definition) is 5. The van der Waals surface area contributed by atoms with Gasteiger partial charge in [-0.25, -0.2) is 0 Å². The Labute approximate surface area is 168 Å². The van der Waals surface area contributed by atoms with Crippen LogP contribution >= 0.6 is 23.5 Å². The second kappa shape index (κ2) is 8.38. The monoisotopic (exact) mass is 394 g/mol. The van der Waals surface area contributed by atoms with Crippen molar-refractivity contribution in [3.05, 3.63) is 82.9 Å². The van der Waals surface area contributed by atoms with Gasteiger partial charge in [0, 0.05) is 17.3 Å². The molecular weight excluding hydrogens is 372 g/mol. The molecule has 2 aliphatic rings. The van der Waals surface area contributed by atoms with Crippen molar-refractivity contribution in [3.8, 4) is 0 Å². The van der Waals surface area contributed by atoms with Gasteiger partial charge in [0.1, 0.15) is 0 Å². The molecule has 0 atom stereocenters. The number of nitrogens with one attached hydrogen (secondary N) is 1. The maximum Gasteiger partial charge on any atom is 0.184 e. The standard InChI is InChI=1S/C22H22N2OS2/c25-22(24-21-23-11-12-27-21)19(13-17-7-3-1-4-8-17)15-26-16-20(22)14-18-9-5-2-6-10-18/h1-10,13-14,25H,11-12,15-16H2,(H,23,24)/b19-13+,20-14+. The lowest BCUT2D eigenvalue weighted by molar-refractivity contribution is 0.104. The molecule has 2 aromatic carbocycles. The first-order valence-corrected chi connectivity index (χ1v) is 11.2. The summed E-state index contributed by atoms with van der Waals surface area (Å²) in [6, 6.07) is 20.4. The van der Waals surface area contributed by atoms with Crippen molar-refractivity contribution in [2.24, 2.45) is 4.99 Å².